The van der Waals surface area contributed by atoms with Crippen molar-refractivity contribution >= 4 is 17.5 Å². The number of nitrogens with one attached hydrogen (secondary N) is 1. The summed E-state index contributed by atoms with van der Waals surface area (Å²) in [5.41, 5.74) is 2.92. The van der Waals surface area contributed by atoms with Crippen molar-refractivity contribution in [3.63, 3.8) is 0 Å². The molecule has 0 aliphatic carbocycles. The fourth-order valence-corrected chi connectivity index (χ4v) is 2.71. The SMILES string of the molecule is CCOc1ccccc1N(CCC(=O)NCc1ccccc1C)C(C)=O. The molecule has 0 aliphatic heterocycles. The fraction of sp³-hybridized carbons (Fsp3) is 0.333. The lowest BCUT2D eigenvalue weighted by Crippen LogP contribution is -2.34. The molecule has 5 nitrogen and oxygen atoms in total. The molecule has 26 heavy (non-hydrogen) atoms. The largest absolute Gasteiger partial charge is 0.492 e. The first-order valence-corrected chi connectivity index (χ1v) is 8.84. The monoisotopic (exact) mass is 354 g/mol. The third kappa shape index (κ3) is 5.34. The highest BCUT2D eigenvalue weighted by Gasteiger charge is 2.17. The Morgan fingerprint density at radius 1 is 1.08 bits per heavy atom. The minimum atomic E-state index is -0.121. The second kappa shape index (κ2) is 9.61. The summed E-state index contributed by atoms with van der Waals surface area (Å²) in [6, 6.07) is 15.3. The van der Waals surface area contributed by atoms with Crippen LogP contribution in [0.3, 0.4) is 0 Å². The van der Waals surface area contributed by atoms with Crippen molar-refractivity contribution in [1.29, 1.82) is 0 Å². The number of para-hydroxylation sites is 2. The third-order valence-corrected chi connectivity index (χ3v) is 4.14. The smallest absolute Gasteiger partial charge is 0.223 e. The molecule has 138 valence electrons. The molecule has 0 saturated heterocycles. The van der Waals surface area contributed by atoms with Gasteiger partial charge in [-0.25, -0.2) is 0 Å². The molecule has 0 aromatic heterocycles. The van der Waals surface area contributed by atoms with Gasteiger partial charge in [0.1, 0.15) is 5.75 Å². The summed E-state index contributed by atoms with van der Waals surface area (Å²) in [5, 5.41) is 2.92. The average Bonchev–Trinajstić information content (AvgIpc) is 2.62. The molecule has 0 bridgehead atoms. The van der Waals surface area contributed by atoms with Gasteiger partial charge in [0, 0.05) is 26.4 Å². The van der Waals surface area contributed by atoms with Gasteiger partial charge in [0.15, 0.2) is 0 Å². The normalized spacial score (nSPS) is 10.3. The minimum Gasteiger partial charge on any atom is -0.492 e. The second-order valence-corrected chi connectivity index (χ2v) is 6.02. The van der Waals surface area contributed by atoms with Gasteiger partial charge in [0.25, 0.3) is 0 Å². The molecule has 2 rings (SSSR count). The number of hydrogen-bond donors (Lipinski definition) is 1. The molecule has 0 heterocycles. The molecule has 2 aromatic rings. The number of carbonyl (C=O) groups excluding carboxylic acids is 2. The Labute approximate surface area is 155 Å². The number of anilines is 1. The number of amides is 2. The number of aryl methyl sites for hydroxylation is 1. The van der Waals surface area contributed by atoms with Gasteiger partial charge in [-0.05, 0) is 37.1 Å². The Kier molecular flexibility index (Phi) is 7.21. The van der Waals surface area contributed by atoms with Gasteiger partial charge in [0.2, 0.25) is 11.8 Å². The first kappa shape index (κ1) is 19.5. The molecule has 0 atom stereocenters. The van der Waals surface area contributed by atoms with Gasteiger partial charge in [-0.2, -0.15) is 0 Å². The van der Waals surface area contributed by atoms with Crippen molar-refractivity contribution in [3.05, 3.63) is 59.7 Å². The lowest BCUT2D eigenvalue weighted by Gasteiger charge is -2.23. The van der Waals surface area contributed by atoms with Crippen LogP contribution < -0.4 is 15.0 Å². The van der Waals surface area contributed by atoms with Gasteiger partial charge >= 0.3 is 0 Å². The van der Waals surface area contributed by atoms with Crippen LogP contribution in [0, 0.1) is 6.92 Å². The van der Waals surface area contributed by atoms with Crippen molar-refractivity contribution in [2.75, 3.05) is 18.1 Å². The topological polar surface area (TPSA) is 58.6 Å². The predicted octanol–water partition coefficient (Wildman–Crippen LogP) is 3.45. The van der Waals surface area contributed by atoms with Crippen LogP contribution in [0.4, 0.5) is 5.69 Å². The predicted molar refractivity (Wildman–Crippen MR) is 103 cm³/mol. The molecule has 0 fully saturated rings. The zero-order chi connectivity index (χ0) is 18.9. The summed E-state index contributed by atoms with van der Waals surface area (Å²) in [7, 11) is 0. The Balaban J connectivity index is 1.97. The minimum absolute atomic E-state index is 0.0894. The summed E-state index contributed by atoms with van der Waals surface area (Å²) < 4.78 is 5.60. The van der Waals surface area contributed by atoms with Crippen LogP contribution in [-0.2, 0) is 16.1 Å². The van der Waals surface area contributed by atoms with Gasteiger partial charge < -0.3 is 15.0 Å². The second-order valence-electron chi connectivity index (χ2n) is 6.02. The van der Waals surface area contributed by atoms with Crippen LogP contribution in [0.2, 0.25) is 0 Å². The van der Waals surface area contributed by atoms with Crippen molar-refractivity contribution in [1.82, 2.24) is 5.32 Å². The van der Waals surface area contributed by atoms with Crippen LogP contribution in [0.15, 0.2) is 48.5 Å². The van der Waals surface area contributed by atoms with E-state index >= 15 is 0 Å². The molecule has 0 spiro atoms. The summed E-state index contributed by atoms with van der Waals surface area (Å²) in [4.78, 5) is 25.9. The molecule has 0 saturated carbocycles. The molecule has 0 radical (unpaired) electrons. The number of ether oxygens (including phenoxy) is 1. The standard InChI is InChI=1S/C21H26N2O3/c1-4-26-20-12-8-7-11-19(20)23(17(3)24)14-13-21(25)22-15-18-10-6-5-9-16(18)2/h5-12H,4,13-15H2,1-3H3,(H,22,25). The van der Waals surface area contributed by atoms with E-state index in [1.807, 2.05) is 62.4 Å². The molecule has 2 amide bonds. The Morgan fingerprint density at radius 3 is 2.46 bits per heavy atom. The van der Waals surface area contributed by atoms with Crippen LogP contribution in [-0.4, -0.2) is 25.0 Å². The van der Waals surface area contributed by atoms with Crippen molar-refractivity contribution in [2.24, 2.45) is 0 Å². The van der Waals surface area contributed by atoms with Gasteiger partial charge in [-0.1, -0.05) is 36.4 Å². The van der Waals surface area contributed by atoms with Crippen LogP contribution >= 0.6 is 0 Å². The summed E-state index contributed by atoms with van der Waals surface area (Å²) >= 11 is 0. The molecule has 5 heteroatoms. The van der Waals surface area contributed by atoms with Crippen LogP contribution in [0.25, 0.3) is 0 Å². The Morgan fingerprint density at radius 2 is 1.77 bits per heavy atom. The number of benzene rings is 2. The van der Waals surface area contributed by atoms with Crippen molar-refractivity contribution in [3.8, 4) is 5.75 Å². The summed E-state index contributed by atoms with van der Waals surface area (Å²) in [6.45, 7) is 6.71. The Hall–Kier alpha value is -2.82. The highest BCUT2D eigenvalue weighted by molar-refractivity contribution is 5.93. The van der Waals surface area contributed by atoms with Gasteiger partial charge in [0.05, 0.1) is 12.3 Å². The number of carbonyl (C=O) groups is 2. The van der Waals surface area contributed by atoms with E-state index < -0.39 is 0 Å². The highest BCUT2D eigenvalue weighted by atomic mass is 16.5. The molecular weight excluding hydrogens is 328 g/mol. The fourth-order valence-electron chi connectivity index (χ4n) is 2.71. The van der Waals surface area contributed by atoms with Gasteiger partial charge in [-0.15, -0.1) is 0 Å². The van der Waals surface area contributed by atoms with Crippen LogP contribution in [0.5, 0.6) is 5.75 Å². The van der Waals surface area contributed by atoms with E-state index in [1.54, 1.807) is 4.90 Å². The zero-order valence-electron chi connectivity index (χ0n) is 15.6. The van der Waals surface area contributed by atoms with E-state index in [9.17, 15) is 9.59 Å². The Bertz CT molecular complexity index is 758. The third-order valence-electron chi connectivity index (χ3n) is 4.14. The van der Waals surface area contributed by atoms with E-state index in [1.165, 1.54) is 6.92 Å². The van der Waals surface area contributed by atoms with E-state index in [0.29, 0.717) is 31.1 Å². The maximum Gasteiger partial charge on any atom is 0.223 e. The van der Waals surface area contributed by atoms with Crippen LogP contribution in [0.1, 0.15) is 31.4 Å². The van der Waals surface area contributed by atoms with Crippen molar-refractivity contribution in [2.45, 2.75) is 33.7 Å². The van der Waals surface area contributed by atoms with Gasteiger partial charge in [-0.3, -0.25) is 9.59 Å². The molecular formula is C21H26N2O3. The zero-order valence-corrected chi connectivity index (χ0v) is 15.6. The average molecular weight is 354 g/mol. The highest BCUT2D eigenvalue weighted by Crippen LogP contribution is 2.28. The molecule has 0 unspecified atom stereocenters. The quantitative estimate of drug-likeness (QED) is 0.790. The van der Waals surface area contributed by atoms with E-state index in [-0.39, 0.29) is 18.2 Å². The molecule has 2 aromatic carbocycles. The first-order valence-electron chi connectivity index (χ1n) is 8.84. The number of nitrogens with zero attached hydrogens (tertiary/aromatic N) is 1. The van der Waals surface area contributed by atoms with Crippen molar-refractivity contribution < 1.29 is 14.3 Å². The molecule has 1 N–H and O–H groups in total. The maximum atomic E-state index is 12.2. The van der Waals surface area contributed by atoms with E-state index in [4.69, 9.17) is 4.74 Å². The maximum absolute atomic E-state index is 12.2. The van der Waals surface area contributed by atoms with E-state index in [0.717, 1.165) is 11.1 Å². The number of hydrogen-bond acceptors (Lipinski definition) is 3. The lowest BCUT2D eigenvalue weighted by atomic mass is 10.1. The molecule has 0 aliphatic rings. The lowest BCUT2D eigenvalue weighted by molar-refractivity contribution is -0.121. The summed E-state index contributed by atoms with van der Waals surface area (Å²) in [5.74, 6) is 0.433. The first-order chi connectivity index (χ1) is 12.5. The van der Waals surface area contributed by atoms with E-state index in [2.05, 4.69) is 5.32 Å². The number of rotatable bonds is 8. The summed E-state index contributed by atoms with van der Waals surface area (Å²) in [6.07, 6.45) is 0.228.